The van der Waals surface area contributed by atoms with Gasteiger partial charge in [-0.15, -0.1) is 0 Å². The van der Waals surface area contributed by atoms with Gasteiger partial charge in [0.15, 0.2) is 0 Å². The highest BCUT2D eigenvalue weighted by molar-refractivity contribution is 7.99. The minimum absolute atomic E-state index is 0.277. The summed E-state index contributed by atoms with van der Waals surface area (Å²) in [5, 5.41) is 3.14. The van der Waals surface area contributed by atoms with Crippen molar-refractivity contribution in [1.29, 1.82) is 0 Å². The molecule has 0 radical (unpaired) electrons. The maximum Gasteiger partial charge on any atom is 0.140 e. The Hall–Kier alpha value is -1.46. The zero-order valence-electron chi connectivity index (χ0n) is 11.6. The Balaban J connectivity index is 2.24. The summed E-state index contributed by atoms with van der Waals surface area (Å²) < 4.78 is 40.6. The van der Waals surface area contributed by atoms with Crippen LogP contribution in [0.25, 0.3) is 0 Å². The number of rotatable bonds is 6. The van der Waals surface area contributed by atoms with Crippen molar-refractivity contribution in [3.8, 4) is 0 Å². The second-order valence-electron chi connectivity index (χ2n) is 4.57. The molecule has 0 bridgehead atoms. The first-order valence-corrected chi connectivity index (χ1v) is 7.54. The molecule has 0 aromatic heterocycles. The summed E-state index contributed by atoms with van der Waals surface area (Å²) in [5.74, 6) is -1.59. The molecule has 0 unspecified atom stereocenters. The van der Waals surface area contributed by atoms with Gasteiger partial charge in [-0.25, -0.2) is 13.2 Å². The van der Waals surface area contributed by atoms with Gasteiger partial charge in [-0.1, -0.05) is 24.8 Å². The zero-order chi connectivity index (χ0) is 15.2. The molecule has 0 spiro atoms. The van der Waals surface area contributed by atoms with Crippen LogP contribution in [-0.4, -0.2) is 6.54 Å². The second-order valence-corrected chi connectivity index (χ2v) is 5.65. The monoisotopic (exact) mass is 311 g/mol. The third-order valence-electron chi connectivity index (χ3n) is 2.92. The van der Waals surface area contributed by atoms with Gasteiger partial charge in [-0.05, 0) is 37.2 Å². The molecule has 0 saturated carbocycles. The van der Waals surface area contributed by atoms with Crippen LogP contribution in [0.5, 0.6) is 0 Å². The fraction of sp³-hybridized carbons (Fsp3) is 0.250. The van der Waals surface area contributed by atoms with Crippen LogP contribution in [0.2, 0.25) is 0 Å². The van der Waals surface area contributed by atoms with Crippen LogP contribution in [0.4, 0.5) is 13.2 Å². The molecule has 0 aliphatic rings. The highest BCUT2D eigenvalue weighted by Crippen LogP contribution is 2.33. The fourth-order valence-corrected chi connectivity index (χ4v) is 2.84. The molecule has 112 valence electrons. The predicted octanol–water partition coefficient (Wildman–Crippen LogP) is 4.75. The number of hydrogen-bond donors (Lipinski definition) is 1. The van der Waals surface area contributed by atoms with Crippen molar-refractivity contribution in [1.82, 2.24) is 5.32 Å². The summed E-state index contributed by atoms with van der Waals surface area (Å²) in [7, 11) is 0. The molecule has 0 fully saturated rings. The molecule has 0 heterocycles. The lowest BCUT2D eigenvalue weighted by molar-refractivity contribution is 0.565. The van der Waals surface area contributed by atoms with Crippen LogP contribution in [0.1, 0.15) is 18.9 Å². The van der Waals surface area contributed by atoms with Gasteiger partial charge in [0.2, 0.25) is 0 Å². The van der Waals surface area contributed by atoms with E-state index < -0.39 is 11.6 Å². The van der Waals surface area contributed by atoms with Crippen LogP contribution in [0.15, 0.2) is 46.2 Å². The Morgan fingerprint density at radius 2 is 1.81 bits per heavy atom. The van der Waals surface area contributed by atoms with E-state index in [2.05, 4.69) is 5.32 Å². The van der Waals surface area contributed by atoms with Crippen LogP contribution in [0, 0.1) is 17.5 Å². The summed E-state index contributed by atoms with van der Waals surface area (Å²) in [6.07, 6.45) is 0.948. The van der Waals surface area contributed by atoms with E-state index in [4.69, 9.17) is 0 Å². The standard InChI is InChI=1S/C16H16F3NS/c1-2-8-20-10-12-13(18)4-3-5-15(12)21-16-7-6-11(17)9-14(16)19/h3-7,9,20H,2,8,10H2,1H3. The Morgan fingerprint density at radius 3 is 2.52 bits per heavy atom. The van der Waals surface area contributed by atoms with Gasteiger partial charge in [0.1, 0.15) is 17.5 Å². The third kappa shape index (κ3) is 4.25. The van der Waals surface area contributed by atoms with Crippen molar-refractivity contribution in [2.24, 2.45) is 0 Å². The SMILES string of the molecule is CCCNCc1c(F)cccc1Sc1ccc(F)cc1F. The van der Waals surface area contributed by atoms with E-state index in [1.807, 2.05) is 6.92 Å². The van der Waals surface area contributed by atoms with Crippen LogP contribution >= 0.6 is 11.8 Å². The van der Waals surface area contributed by atoms with E-state index in [-0.39, 0.29) is 10.7 Å². The number of benzene rings is 2. The zero-order valence-corrected chi connectivity index (χ0v) is 12.4. The smallest absolute Gasteiger partial charge is 0.140 e. The van der Waals surface area contributed by atoms with Gasteiger partial charge < -0.3 is 5.32 Å². The third-order valence-corrected chi connectivity index (χ3v) is 4.07. The van der Waals surface area contributed by atoms with E-state index in [0.29, 0.717) is 17.0 Å². The highest BCUT2D eigenvalue weighted by atomic mass is 32.2. The molecule has 0 aliphatic carbocycles. The van der Waals surface area contributed by atoms with Gasteiger partial charge in [-0.3, -0.25) is 0 Å². The van der Waals surface area contributed by atoms with Gasteiger partial charge in [0, 0.05) is 28.0 Å². The lowest BCUT2D eigenvalue weighted by atomic mass is 10.2. The van der Waals surface area contributed by atoms with Crippen LogP contribution < -0.4 is 5.32 Å². The van der Waals surface area contributed by atoms with E-state index in [9.17, 15) is 13.2 Å². The molecule has 0 amide bonds. The molecule has 0 aliphatic heterocycles. The van der Waals surface area contributed by atoms with Crippen LogP contribution in [-0.2, 0) is 6.54 Å². The van der Waals surface area contributed by atoms with Crippen molar-refractivity contribution in [2.45, 2.75) is 29.7 Å². The minimum atomic E-state index is -0.642. The largest absolute Gasteiger partial charge is 0.313 e. The average molecular weight is 311 g/mol. The summed E-state index contributed by atoms with van der Waals surface area (Å²) in [5.41, 5.74) is 0.500. The van der Waals surface area contributed by atoms with E-state index >= 15 is 0 Å². The maximum atomic E-state index is 13.9. The Labute approximate surface area is 126 Å². The quantitative estimate of drug-likeness (QED) is 0.772. The van der Waals surface area contributed by atoms with Crippen LogP contribution in [0.3, 0.4) is 0 Å². The van der Waals surface area contributed by atoms with Crippen molar-refractivity contribution in [3.63, 3.8) is 0 Å². The summed E-state index contributed by atoms with van der Waals surface area (Å²) >= 11 is 1.10. The minimum Gasteiger partial charge on any atom is -0.313 e. The normalized spacial score (nSPS) is 10.9. The van der Waals surface area contributed by atoms with E-state index in [1.165, 1.54) is 18.2 Å². The maximum absolute atomic E-state index is 13.9. The molecule has 1 nitrogen and oxygen atoms in total. The first-order chi connectivity index (χ1) is 10.1. The lowest BCUT2D eigenvalue weighted by Crippen LogP contribution is -2.15. The topological polar surface area (TPSA) is 12.0 Å². The first kappa shape index (κ1) is 15.9. The Bertz CT molecular complexity index is 616. The summed E-state index contributed by atoms with van der Waals surface area (Å²) in [6, 6.07) is 8.09. The molecular formula is C16H16F3NS. The average Bonchev–Trinajstić information content (AvgIpc) is 2.45. The van der Waals surface area contributed by atoms with Crippen molar-refractivity contribution in [2.75, 3.05) is 6.54 Å². The fourth-order valence-electron chi connectivity index (χ4n) is 1.87. The molecule has 1 N–H and O–H groups in total. The van der Waals surface area contributed by atoms with Gasteiger partial charge in [0.25, 0.3) is 0 Å². The second kappa shape index (κ2) is 7.52. The van der Waals surface area contributed by atoms with Gasteiger partial charge >= 0.3 is 0 Å². The van der Waals surface area contributed by atoms with Crippen molar-refractivity contribution < 1.29 is 13.2 Å². The number of nitrogens with one attached hydrogen (secondary N) is 1. The molecule has 2 aromatic rings. The number of hydrogen-bond acceptors (Lipinski definition) is 2. The molecule has 0 saturated heterocycles. The first-order valence-electron chi connectivity index (χ1n) is 6.73. The molecule has 21 heavy (non-hydrogen) atoms. The summed E-state index contributed by atoms with van der Waals surface area (Å²) in [4.78, 5) is 0.905. The highest BCUT2D eigenvalue weighted by Gasteiger charge is 2.12. The van der Waals surface area contributed by atoms with E-state index in [0.717, 1.165) is 30.8 Å². The Morgan fingerprint density at radius 1 is 1.00 bits per heavy atom. The molecule has 2 aromatic carbocycles. The molecular weight excluding hydrogens is 295 g/mol. The summed E-state index contributed by atoms with van der Waals surface area (Å²) in [6.45, 7) is 3.19. The Kier molecular flexibility index (Phi) is 5.70. The van der Waals surface area contributed by atoms with Gasteiger partial charge in [-0.2, -0.15) is 0 Å². The molecule has 0 atom stereocenters. The van der Waals surface area contributed by atoms with E-state index in [1.54, 1.807) is 12.1 Å². The van der Waals surface area contributed by atoms with Crippen molar-refractivity contribution in [3.05, 3.63) is 59.4 Å². The van der Waals surface area contributed by atoms with Gasteiger partial charge in [0.05, 0.1) is 0 Å². The molecule has 2 rings (SSSR count). The number of halogens is 3. The predicted molar refractivity (Wildman–Crippen MR) is 78.9 cm³/mol. The lowest BCUT2D eigenvalue weighted by Gasteiger charge is -2.11. The molecule has 5 heteroatoms. The van der Waals surface area contributed by atoms with Crippen molar-refractivity contribution >= 4 is 11.8 Å².